The minimum Gasteiger partial charge on any atom is -0.482 e. The van der Waals surface area contributed by atoms with Crippen LogP contribution in [-0.4, -0.2) is 31.9 Å². The van der Waals surface area contributed by atoms with E-state index in [0.717, 1.165) is 16.7 Å². The van der Waals surface area contributed by atoms with Crippen LogP contribution in [0.3, 0.4) is 0 Å². The van der Waals surface area contributed by atoms with Crippen LogP contribution in [-0.2, 0) is 27.7 Å². The maximum Gasteiger partial charge on any atom is 0.341 e. The Labute approximate surface area is 158 Å². The normalized spacial score (nSPS) is 13.4. The van der Waals surface area contributed by atoms with Gasteiger partial charge in [0.05, 0.1) is 11.4 Å². The first-order valence-electron chi connectivity index (χ1n) is 8.66. The molecule has 27 heavy (non-hydrogen) atoms. The highest BCUT2D eigenvalue weighted by Crippen LogP contribution is 2.32. The van der Waals surface area contributed by atoms with Crippen molar-refractivity contribution in [1.82, 2.24) is 4.72 Å². The van der Waals surface area contributed by atoms with Gasteiger partial charge < -0.3 is 9.84 Å². The van der Waals surface area contributed by atoms with E-state index in [1.807, 2.05) is 42.5 Å². The highest BCUT2D eigenvalue weighted by molar-refractivity contribution is 7.89. The van der Waals surface area contributed by atoms with Gasteiger partial charge in [-0.05, 0) is 30.9 Å². The predicted molar refractivity (Wildman–Crippen MR) is 103 cm³/mol. The van der Waals surface area contributed by atoms with Crippen LogP contribution in [0.4, 0.5) is 0 Å². The summed E-state index contributed by atoms with van der Waals surface area (Å²) < 4.78 is 33.1. The smallest absolute Gasteiger partial charge is 0.341 e. The van der Waals surface area contributed by atoms with Gasteiger partial charge in [-0.15, -0.1) is 0 Å². The largest absolute Gasteiger partial charge is 0.482 e. The zero-order chi connectivity index (χ0) is 19.3. The number of hydrogen-bond donors (Lipinski definition) is 2. The van der Waals surface area contributed by atoms with Crippen LogP contribution >= 0.6 is 0 Å². The van der Waals surface area contributed by atoms with E-state index in [4.69, 9.17) is 9.84 Å². The molecule has 0 aromatic heterocycles. The lowest BCUT2D eigenvalue weighted by Gasteiger charge is -2.21. The minimum absolute atomic E-state index is 0.0150. The number of carbonyl (C=O) groups is 1. The van der Waals surface area contributed by atoms with E-state index < -0.39 is 22.6 Å². The highest BCUT2D eigenvalue weighted by atomic mass is 32.2. The summed E-state index contributed by atoms with van der Waals surface area (Å²) in [6, 6.07) is 14.7. The van der Waals surface area contributed by atoms with Crippen LogP contribution in [0.15, 0.2) is 54.6 Å². The van der Waals surface area contributed by atoms with Gasteiger partial charge in [0, 0.05) is 11.1 Å². The summed E-state index contributed by atoms with van der Waals surface area (Å²) in [6.45, 7) is -0.432. The highest BCUT2D eigenvalue weighted by Gasteiger charge is 2.21. The Balaban J connectivity index is 1.74. The molecule has 0 fully saturated rings. The Morgan fingerprint density at radius 1 is 1.11 bits per heavy atom. The molecule has 0 atom stereocenters. The van der Waals surface area contributed by atoms with Gasteiger partial charge >= 0.3 is 5.97 Å². The number of allylic oxidation sites excluding steroid dienone is 1. The number of rotatable bonds is 8. The van der Waals surface area contributed by atoms with Crippen molar-refractivity contribution in [2.24, 2.45) is 0 Å². The standard InChI is InChI=1S/C20H21NO5S/c22-20(23)14-26-19-11-5-8-16-17(19)9-4-10-18(16)21-27(24,25)13-12-15-6-2-1-3-7-15/h1-3,5-8,10-11,21H,4,9,12-14H2,(H,22,23). The molecule has 0 saturated carbocycles. The fraction of sp³-hybridized carbons (Fsp3) is 0.250. The Bertz CT molecular complexity index is 952. The van der Waals surface area contributed by atoms with Crippen LogP contribution in [0.5, 0.6) is 5.75 Å². The second-order valence-electron chi connectivity index (χ2n) is 6.28. The number of ether oxygens (including phenoxy) is 1. The van der Waals surface area contributed by atoms with Crippen LogP contribution in [0, 0.1) is 0 Å². The summed E-state index contributed by atoms with van der Waals surface area (Å²) >= 11 is 0. The van der Waals surface area contributed by atoms with Crippen LogP contribution in [0.1, 0.15) is 23.1 Å². The summed E-state index contributed by atoms with van der Waals surface area (Å²) in [4.78, 5) is 10.8. The van der Waals surface area contributed by atoms with Crippen molar-refractivity contribution in [1.29, 1.82) is 0 Å². The van der Waals surface area contributed by atoms with E-state index in [1.54, 1.807) is 12.1 Å². The Morgan fingerprint density at radius 3 is 2.63 bits per heavy atom. The molecule has 0 amide bonds. The monoisotopic (exact) mass is 387 g/mol. The van der Waals surface area contributed by atoms with Gasteiger partial charge in [-0.2, -0.15) is 0 Å². The molecule has 0 unspecified atom stereocenters. The van der Waals surface area contributed by atoms with Crippen molar-refractivity contribution in [2.75, 3.05) is 12.4 Å². The lowest BCUT2D eigenvalue weighted by molar-refractivity contribution is -0.139. The average molecular weight is 387 g/mol. The molecule has 7 heteroatoms. The van der Waals surface area contributed by atoms with E-state index in [2.05, 4.69) is 4.72 Å². The molecule has 1 aliphatic carbocycles. The minimum atomic E-state index is -3.51. The van der Waals surface area contributed by atoms with Crippen LogP contribution in [0.25, 0.3) is 5.70 Å². The van der Waals surface area contributed by atoms with Gasteiger partial charge in [-0.25, -0.2) is 13.2 Å². The summed E-state index contributed by atoms with van der Waals surface area (Å²) in [6.07, 6.45) is 3.60. The zero-order valence-electron chi connectivity index (χ0n) is 14.7. The Kier molecular flexibility index (Phi) is 5.81. The van der Waals surface area contributed by atoms with Crippen molar-refractivity contribution in [3.63, 3.8) is 0 Å². The number of hydrogen-bond acceptors (Lipinski definition) is 4. The molecule has 3 rings (SSSR count). The topological polar surface area (TPSA) is 92.7 Å². The molecule has 1 aliphatic rings. The molecule has 0 bridgehead atoms. The van der Waals surface area contributed by atoms with Crippen molar-refractivity contribution in [2.45, 2.75) is 19.3 Å². The van der Waals surface area contributed by atoms with E-state index in [1.165, 1.54) is 0 Å². The molecule has 0 spiro atoms. The number of sulfonamides is 1. The van der Waals surface area contributed by atoms with E-state index in [9.17, 15) is 13.2 Å². The number of carboxylic acid groups (broad SMARTS) is 1. The molecule has 0 aliphatic heterocycles. The third-order valence-electron chi connectivity index (χ3n) is 4.28. The first-order chi connectivity index (χ1) is 12.9. The zero-order valence-corrected chi connectivity index (χ0v) is 15.5. The first-order valence-corrected chi connectivity index (χ1v) is 10.3. The summed E-state index contributed by atoms with van der Waals surface area (Å²) in [5.74, 6) is -0.594. The van der Waals surface area contributed by atoms with Gasteiger partial charge in [-0.3, -0.25) is 4.72 Å². The second-order valence-corrected chi connectivity index (χ2v) is 8.12. The SMILES string of the molecule is O=C(O)COc1cccc2c1CCC=C2NS(=O)(=O)CCc1ccccc1. The Morgan fingerprint density at radius 2 is 1.89 bits per heavy atom. The molecule has 6 nitrogen and oxygen atoms in total. The van der Waals surface area contributed by atoms with Crippen molar-refractivity contribution >= 4 is 21.7 Å². The molecule has 2 aromatic rings. The lowest BCUT2D eigenvalue weighted by atomic mass is 9.94. The van der Waals surface area contributed by atoms with Gasteiger partial charge in [0.15, 0.2) is 6.61 Å². The first kappa shape index (κ1) is 19.0. The van der Waals surface area contributed by atoms with E-state index in [0.29, 0.717) is 30.7 Å². The lowest BCUT2D eigenvalue weighted by Crippen LogP contribution is -2.27. The van der Waals surface area contributed by atoms with Gasteiger partial charge in [0.1, 0.15) is 5.75 Å². The maximum absolute atomic E-state index is 12.5. The van der Waals surface area contributed by atoms with Gasteiger partial charge in [0.25, 0.3) is 0 Å². The Hall–Kier alpha value is -2.80. The molecule has 0 saturated heterocycles. The molecule has 0 radical (unpaired) electrons. The molecule has 2 aromatic carbocycles. The number of nitrogens with one attached hydrogen (secondary N) is 1. The van der Waals surface area contributed by atoms with Gasteiger partial charge in [0.2, 0.25) is 10.0 Å². The van der Waals surface area contributed by atoms with Crippen molar-refractivity contribution in [3.8, 4) is 5.75 Å². The average Bonchev–Trinajstić information content (AvgIpc) is 2.66. The van der Waals surface area contributed by atoms with E-state index in [-0.39, 0.29) is 5.75 Å². The van der Waals surface area contributed by atoms with Gasteiger partial charge in [-0.1, -0.05) is 48.5 Å². The molecule has 142 valence electrons. The third-order valence-corrected chi connectivity index (χ3v) is 5.56. The number of benzene rings is 2. The number of carboxylic acids is 1. The fourth-order valence-corrected chi connectivity index (χ4v) is 4.17. The van der Waals surface area contributed by atoms with Crippen LogP contribution < -0.4 is 9.46 Å². The number of fused-ring (bicyclic) bond motifs is 1. The quantitative estimate of drug-likeness (QED) is 0.726. The van der Waals surface area contributed by atoms with Crippen molar-refractivity contribution < 1.29 is 23.1 Å². The molecule has 2 N–H and O–H groups in total. The third kappa shape index (κ3) is 5.10. The van der Waals surface area contributed by atoms with E-state index >= 15 is 0 Å². The summed E-state index contributed by atoms with van der Waals surface area (Å²) in [7, 11) is -3.51. The van der Waals surface area contributed by atoms with Crippen LogP contribution in [0.2, 0.25) is 0 Å². The molecular weight excluding hydrogens is 366 g/mol. The maximum atomic E-state index is 12.5. The molecule has 0 heterocycles. The predicted octanol–water partition coefficient (Wildman–Crippen LogP) is 2.60. The van der Waals surface area contributed by atoms with Crippen molar-refractivity contribution in [3.05, 3.63) is 71.3 Å². The molecular formula is C20H21NO5S. The summed E-state index contributed by atoms with van der Waals surface area (Å²) in [5, 5.41) is 8.81. The second kappa shape index (κ2) is 8.26. The number of aliphatic carboxylic acids is 1. The number of aryl methyl sites for hydroxylation is 1. The fourth-order valence-electron chi connectivity index (χ4n) is 3.03. The summed E-state index contributed by atoms with van der Waals surface area (Å²) in [5.41, 5.74) is 3.03.